The summed E-state index contributed by atoms with van der Waals surface area (Å²) in [6.45, 7) is 3.34. The molecule has 2 aromatic heterocycles. The van der Waals surface area contributed by atoms with Crippen LogP contribution in [-0.2, 0) is 4.74 Å². The third-order valence-electron chi connectivity index (χ3n) is 4.20. The van der Waals surface area contributed by atoms with Gasteiger partial charge in [0.25, 0.3) is 5.56 Å². The lowest BCUT2D eigenvalue weighted by molar-refractivity contribution is 0.122. The quantitative estimate of drug-likeness (QED) is 0.800. The largest absolute Gasteiger partial charge is 0.378 e. The highest BCUT2D eigenvalue weighted by molar-refractivity contribution is 5.80. The van der Waals surface area contributed by atoms with Crippen LogP contribution in [0.2, 0.25) is 0 Å². The van der Waals surface area contributed by atoms with Crippen molar-refractivity contribution in [2.45, 2.75) is 0 Å². The number of pyridine rings is 2. The molecule has 0 unspecified atom stereocenters. The summed E-state index contributed by atoms with van der Waals surface area (Å²) in [6, 6.07) is 11.8. The zero-order chi connectivity index (χ0) is 16.4. The van der Waals surface area contributed by atoms with E-state index in [-0.39, 0.29) is 5.56 Å². The van der Waals surface area contributed by atoms with Gasteiger partial charge in [-0.2, -0.15) is 0 Å². The van der Waals surface area contributed by atoms with Gasteiger partial charge in [0.1, 0.15) is 0 Å². The fraction of sp³-hybridized carbons (Fsp3) is 0.222. The molecule has 0 radical (unpaired) electrons. The molecule has 1 aromatic carbocycles. The normalized spacial score (nSPS) is 14.8. The molecule has 1 N–H and O–H groups in total. The fourth-order valence-electron chi connectivity index (χ4n) is 2.88. The van der Waals surface area contributed by atoms with Gasteiger partial charge in [-0.3, -0.25) is 15.2 Å². The second kappa shape index (κ2) is 6.33. The van der Waals surface area contributed by atoms with E-state index in [4.69, 9.17) is 4.74 Å². The van der Waals surface area contributed by atoms with Crippen LogP contribution in [0.15, 0.2) is 59.8 Å². The number of morpholine rings is 1. The van der Waals surface area contributed by atoms with E-state index in [2.05, 4.69) is 27.4 Å². The summed E-state index contributed by atoms with van der Waals surface area (Å²) < 4.78 is 6.85. The molecule has 0 amide bonds. The first-order valence-corrected chi connectivity index (χ1v) is 7.96. The first-order chi connectivity index (χ1) is 11.8. The predicted molar refractivity (Wildman–Crippen MR) is 94.5 cm³/mol. The SMILES string of the molecule is O=c1c2cnccc2ccn1Nc1ccc(N2CCOCC2)cc1. The minimum Gasteiger partial charge on any atom is -0.378 e. The summed E-state index contributed by atoms with van der Waals surface area (Å²) >= 11 is 0. The number of ether oxygens (including phenoxy) is 1. The molecule has 6 nitrogen and oxygen atoms in total. The number of rotatable bonds is 3. The van der Waals surface area contributed by atoms with Gasteiger partial charge >= 0.3 is 0 Å². The van der Waals surface area contributed by atoms with Gasteiger partial charge in [0.05, 0.1) is 24.3 Å². The highest BCUT2D eigenvalue weighted by atomic mass is 16.5. The molecule has 0 bridgehead atoms. The predicted octanol–water partition coefficient (Wildman–Crippen LogP) is 2.11. The molecule has 6 heteroatoms. The first kappa shape index (κ1) is 14.7. The molecule has 0 atom stereocenters. The molecule has 0 spiro atoms. The van der Waals surface area contributed by atoms with Crippen molar-refractivity contribution in [2.24, 2.45) is 0 Å². The third kappa shape index (κ3) is 2.83. The second-order valence-corrected chi connectivity index (χ2v) is 5.71. The number of nitrogens with one attached hydrogen (secondary N) is 1. The molecule has 0 saturated carbocycles. The van der Waals surface area contributed by atoms with Gasteiger partial charge in [0.2, 0.25) is 0 Å². The van der Waals surface area contributed by atoms with Crippen LogP contribution >= 0.6 is 0 Å². The van der Waals surface area contributed by atoms with Crippen LogP contribution in [0.5, 0.6) is 0 Å². The molecule has 1 saturated heterocycles. The van der Waals surface area contributed by atoms with Crippen molar-refractivity contribution in [1.29, 1.82) is 0 Å². The van der Waals surface area contributed by atoms with E-state index in [1.807, 2.05) is 24.3 Å². The van der Waals surface area contributed by atoms with Crippen molar-refractivity contribution in [3.63, 3.8) is 0 Å². The van der Waals surface area contributed by atoms with Crippen molar-refractivity contribution in [3.8, 4) is 0 Å². The third-order valence-corrected chi connectivity index (χ3v) is 4.20. The van der Waals surface area contributed by atoms with Crippen LogP contribution in [0.4, 0.5) is 11.4 Å². The summed E-state index contributed by atoms with van der Waals surface area (Å²) in [5, 5.41) is 1.48. The average Bonchev–Trinajstić information content (AvgIpc) is 2.66. The molecule has 3 heterocycles. The Hall–Kier alpha value is -2.86. The van der Waals surface area contributed by atoms with Gasteiger partial charge in [-0.15, -0.1) is 0 Å². The molecule has 4 rings (SSSR count). The summed E-state index contributed by atoms with van der Waals surface area (Å²) in [6.07, 6.45) is 5.02. The molecular formula is C18H18N4O2. The zero-order valence-corrected chi connectivity index (χ0v) is 13.2. The average molecular weight is 322 g/mol. The van der Waals surface area contributed by atoms with E-state index in [1.54, 1.807) is 18.6 Å². The van der Waals surface area contributed by atoms with Crippen LogP contribution < -0.4 is 15.9 Å². The van der Waals surface area contributed by atoms with Crippen LogP contribution in [0, 0.1) is 0 Å². The maximum absolute atomic E-state index is 12.5. The molecule has 24 heavy (non-hydrogen) atoms. The molecule has 0 aliphatic carbocycles. The van der Waals surface area contributed by atoms with E-state index in [0.717, 1.165) is 37.4 Å². The lowest BCUT2D eigenvalue weighted by Crippen LogP contribution is -2.36. The van der Waals surface area contributed by atoms with Crippen molar-refractivity contribution in [1.82, 2.24) is 9.66 Å². The minimum absolute atomic E-state index is 0.113. The van der Waals surface area contributed by atoms with Gasteiger partial charge in [-0.05, 0) is 41.8 Å². The fourth-order valence-corrected chi connectivity index (χ4v) is 2.88. The van der Waals surface area contributed by atoms with E-state index >= 15 is 0 Å². The number of fused-ring (bicyclic) bond motifs is 1. The maximum Gasteiger partial charge on any atom is 0.278 e. The molecule has 3 aromatic rings. The Morgan fingerprint density at radius 2 is 1.83 bits per heavy atom. The van der Waals surface area contributed by atoms with Crippen molar-refractivity contribution in [3.05, 3.63) is 65.3 Å². The molecule has 1 fully saturated rings. The standard InChI is InChI=1S/C18H18N4O2/c23-18-17-13-19-7-5-14(17)6-8-22(18)20-15-1-3-16(4-2-15)21-9-11-24-12-10-21/h1-8,13,20H,9-12H2. The maximum atomic E-state index is 12.5. The van der Waals surface area contributed by atoms with Crippen LogP contribution in [0.1, 0.15) is 0 Å². The van der Waals surface area contributed by atoms with Gasteiger partial charge in [0, 0.05) is 37.4 Å². The van der Waals surface area contributed by atoms with Crippen molar-refractivity contribution in [2.75, 3.05) is 36.6 Å². The number of hydrogen-bond acceptors (Lipinski definition) is 5. The van der Waals surface area contributed by atoms with Gasteiger partial charge in [-0.25, -0.2) is 4.68 Å². The Kier molecular flexibility index (Phi) is 3.88. The Morgan fingerprint density at radius 1 is 1.04 bits per heavy atom. The van der Waals surface area contributed by atoms with E-state index in [1.165, 1.54) is 10.4 Å². The summed E-state index contributed by atoms with van der Waals surface area (Å²) in [5.74, 6) is 0. The highest BCUT2D eigenvalue weighted by Crippen LogP contribution is 2.19. The van der Waals surface area contributed by atoms with Crippen molar-refractivity contribution < 1.29 is 4.74 Å². The van der Waals surface area contributed by atoms with Gasteiger partial charge in [-0.1, -0.05) is 0 Å². The first-order valence-electron chi connectivity index (χ1n) is 7.96. The van der Waals surface area contributed by atoms with E-state index < -0.39 is 0 Å². The van der Waals surface area contributed by atoms with Crippen LogP contribution in [0.3, 0.4) is 0 Å². The lowest BCUT2D eigenvalue weighted by atomic mass is 10.2. The van der Waals surface area contributed by atoms with Gasteiger partial charge in [0.15, 0.2) is 0 Å². The molecule has 122 valence electrons. The summed E-state index contributed by atoms with van der Waals surface area (Å²) in [5.41, 5.74) is 5.04. The minimum atomic E-state index is -0.113. The second-order valence-electron chi connectivity index (χ2n) is 5.71. The Bertz CT molecular complexity index is 899. The number of anilines is 2. The number of aromatic nitrogens is 2. The number of hydrogen-bond donors (Lipinski definition) is 1. The topological polar surface area (TPSA) is 59.4 Å². The highest BCUT2D eigenvalue weighted by Gasteiger charge is 2.11. The number of benzene rings is 1. The molecule has 1 aliphatic heterocycles. The van der Waals surface area contributed by atoms with E-state index in [9.17, 15) is 4.79 Å². The van der Waals surface area contributed by atoms with Crippen LogP contribution in [-0.4, -0.2) is 36.0 Å². The van der Waals surface area contributed by atoms with Crippen LogP contribution in [0.25, 0.3) is 10.8 Å². The molecule has 1 aliphatic rings. The summed E-state index contributed by atoms with van der Waals surface area (Å²) in [7, 11) is 0. The summed E-state index contributed by atoms with van der Waals surface area (Å²) in [4.78, 5) is 18.8. The lowest BCUT2D eigenvalue weighted by Gasteiger charge is -2.29. The number of nitrogens with zero attached hydrogens (tertiary/aromatic N) is 3. The van der Waals surface area contributed by atoms with E-state index in [0.29, 0.717) is 5.39 Å². The Balaban J connectivity index is 1.57. The Morgan fingerprint density at radius 3 is 2.62 bits per heavy atom. The zero-order valence-electron chi connectivity index (χ0n) is 13.2. The smallest absolute Gasteiger partial charge is 0.278 e. The Labute approximate surface area is 139 Å². The monoisotopic (exact) mass is 322 g/mol. The van der Waals surface area contributed by atoms with Gasteiger partial charge < -0.3 is 9.64 Å². The van der Waals surface area contributed by atoms with Crippen molar-refractivity contribution >= 4 is 22.1 Å². The molecular weight excluding hydrogens is 304 g/mol.